The zero-order valence-electron chi connectivity index (χ0n) is 24.1. The highest BCUT2D eigenvalue weighted by Crippen LogP contribution is 2.46. The Morgan fingerprint density at radius 2 is 1.81 bits per heavy atom. The molecule has 0 unspecified atom stereocenters. The van der Waals surface area contributed by atoms with Gasteiger partial charge in [0.25, 0.3) is 0 Å². The number of halogens is 2. The fourth-order valence-corrected chi connectivity index (χ4v) is 7.63. The molecule has 0 spiro atoms. The van der Waals surface area contributed by atoms with E-state index in [0.717, 1.165) is 55.6 Å². The Morgan fingerprint density at radius 1 is 1.05 bits per heavy atom. The maximum atomic E-state index is 13.7. The van der Waals surface area contributed by atoms with Crippen LogP contribution in [-0.4, -0.2) is 78.7 Å². The van der Waals surface area contributed by atoms with Crippen LogP contribution < -0.4 is 10.6 Å². The molecule has 3 atom stereocenters. The number of hydrogen-bond acceptors (Lipinski definition) is 6. The number of morpholine rings is 1. The number of ether oxygens (including phenoxy) is 1. The van der Waals surface area contributed by atoms with Gasteiger partial charge in [0.15, 0.2) is 0 Å². The van der Waals surface area contributed by atoms with E-state index in [-0.39, 0.29) is 36.7 Å². The fraction of sp³-hybridized carbons (Fsp3) is 0.406. The molecule has 2 aliphatic heterocycles. The van der Waals surface area contributed by atoms with E-state index in [0.29, 0.717) is 22.2 Å². The van der Waals surface area contributed by atoms with Gasteiger partial charge in [-0.25, -0.2) is 0 Å². The normalized spacial score (nSPS) is 19.9. The average molecular weight is 644 g/mol. The molecule has 0 aliphatic carbocycles. The number of hydrogen-bond donors (Lipinski definition) is 2. The summed E-state index contributed by atoms with van der Waals surface area (Å²) in [6, 6.07) is 18.9. The van der Waals surface area contributed by atoms with Crippen molar-refractivity contribution >= 4 is 63.5 Å². The van der Waals surface area contributed by atoms with Gasteiger partial charge in [0.1, 0.15) is 11.9 Å². The van der Waals surface area contributed by atoms with Crippen LogP contribution in [0.15, 0.2) is 60.7 Å². The smallest absolute Gasteiger partial charge is 0.239 e. The van der Waals surface area contributed by atoms with Crippen molar-refractivity contribution in [2.75, 3.05) is 45.9 Å². The number of benzene rings is 3. The zero-order chi connectivity index (χ0) is 30.3. The average Bonchev–Trinajstić information content (AvgIpc) is 3.29. The van der Waals surface area contributed by atoms with Gasteiger partial charge < -0.3 is 20.3 Å². The standard InChI is InChI=1S/C32H36Cl2N4O4S/c1-21(24-9-4-7-22-6-2-3-8-25(22)24)36-29(39)19-28-31(41)38(32(43-28)26-11-10-23(33)18-27(26)34)20-30(40)35-12-5-13-37-14-16-42-17-15-37/h2-4,6-11,18,21,28,32H,5,12-17,19-20H2,1H3,(H,35,40)(H,36,39)/t21-,28-,32-/m1/s1. The Hall–Kier alpha value is -2.82. The molecule has 0 saturated carbocycles. The molecule has 3 aromatic rings. The van der Waals surface area contributed by atoms with Crippen LogP contribution in [0, 0.1) is 0 Å². The minimum Gasteiger partial charge on any atom is -0.379 e. The lowest BCUT2D eigenvalue weighted by molar-refractivity contribution is -0.136. The van der Waals surface area contributed by atoms with Gasteiger partial charge in [0, 0.05) is 41.7 Å². The first-order chi connectivity index (χ1) is 20.8. The summed E-state index contributed by atoms with van der Waals surface area (Å²) in [6.45, 7) is 6.45. The van der Waals surface area contributed by atoms with Gasteiger partial charge in [-0.3, -0.25) is 19.3 Å². The van der Waals surface area contributed by atoms with Crippen LogP contribution in [0.2, 0.25) is 10.0 Å². The minimum absolute atomic E-state index is 0.0159. The molecule has 11 heteroatoms. The van der Waals surface area contributed by atoms with E-state index < -0.39 is 10.6 Å². The number of fused-ring (bicyclic) bond motifs is 1. The van der Waals surface area contributed by atoms with Crippen molar-refractivity contribution in [3.63, 3.8) is 0 Å². The third-order valence-electron chi connectivity index (χ3n) is 7.79. The molecule has 0 bridgehead atoms. The SMILES string of the molecule is C[C@@H](NC(=O)C[C@H]1S[C@H](c2ccc(Cl)cc2Cl)N(CC(=O)NCCCN2CCOCC2)C1=O)c1cccc2ccccc12. The molecular weight excluding hydrogens is 607 g/mol. The zero-order valence-corrected chi connectivity index (χ0v) is 26.4. The van der Waals surface area contributed by atoms with E-state index in [1.165, 1.54) is 16.7 Å². The summed E-state index contributed by atoms with van der Waals surface area (Å²) in [5.41, 5.74) is 1.69. The number of rotatable bonds is 11. The van der Waals surface area contributed by atoms with Crippen LogP contribution in [0.1, 0.15) is 42.3 Å². The third kappa shape index (κ3) is 8.02. The Kier molecular flexibility index (Phi) is 10.9. The van der Waals surface area contributed by atoms with E-state index in [9.17, 15) is 14.4 Å². The first-order valence-corrected chi connectivity index (χ1v) is 16.2. The number of amides is 3. The van der Waals surface area contributed by atoms with E-state index in [1.54, 1.807) is 18.2 Å². The maximum Gasteiger partial charge on any atom is 0.239 e. The maximum absolute atomic E-state index is 13.7. The highest BCUT2D eigenvalue weighted by molar-refractivity contribution is 8.01. The number of thioether (sulfide) groups is 1. The van der Waals surface area contributed by atoms with Gasteiger partial charge in [0.2, 0.25) is 17.7 Å². The molecule has 3 amide bonds. The summed E-state index contributed by atoms with van der Waals surface area (Å²) in [5.74, 6) is -0.750. The molecule has 3 aromatic carbocycles. The Labute approximate surface area is 266 Å². The molecule has 0 aromatic heterocycles. The topological polar surface area (TPSA) is 91.0 Å². The van der Waals surface area contributed by atoms with E-state index >= 15 is 0 Å². The van der Waals surface area contributed by atoms with E-state index in [2.05, 4.69) is 15.5 Å². The lowest BCUT2D eigenvalue weighted by Gasteiger charge is -2.26. The summed E-state index contributed by atoms with van der Waals surface area (Å²) in [4.78, 5) is 43.7. The van der Waals surface area contributed by atoms with Crippen molar-refractivity contribution in [2.45, 2.75) is 36.4 Å². The summed E-state index contributed by atoms with van der Waals surface area (Å²) in [5, 5.41) is 7.88. The largest absolute Gasteiger partial charge is 0.379 e. The predicted octanol–water partition coefficient (Wildman–Crippen LogP) is 5.20. The van der Waals surface area contributed by atoms with Gasteiger partial charge in [-0.05, 0) is 48.4 Å². The predicted molar refractivity (Wildman–Crippen MR) is 172 cm³/mol. The summed E-state index contributed by atoms with van der Waals surface area (Å²) < 4.78 is 5.38. The van der Waals surface area contributed by atoms with Crippen LogP contribution in [0.3, 0.4) is 0 Å². The lowest BCUT2D eigenvalue weighted by Crippen LogP contribution is -2.42. The van der Waals surface area contributed by atoms with Gasteiger partial charge in [-0.1, -0.05) is 71.7 Å². The molecule has 2 N–H and O–H groups in total. The van der Waals surface area contributed by atoms with Crippen molar-refractivity contribution in [3.8, 4) is 0 Å². The first-order valence-electron chi connectivity index (χ1n) is 14.5. The van der Waals surface area contributed by atoms with Gasteiger partial charge in [0.05, 0.1) is 24.5 Å². The Balaban J connectivity index is 1.23. The number of nitrogens with zero attached hydrogens (tertiary/aromatic N) is 2. The van der Waals surface area contributed by atoms with Crippen LogP contribution >= 0.6 is 35.0 Å². The van der Waals surface area contributed by atoms with Crippen molar-refractivity contribution < 1.29 is 19.1 Å². The van der Waals surface area contributed by atoms with E-state index in [1.807, 2.05) is 49.4 Å². The summed E-state index contributed by atoms with van der Waals surface area (Å²) in [7, 11) is 0. The molecule has 5 rings (SSSR count). The molecule has 2 heterocycles. The fourth-order valence-electron chi connectivity index (χ4n) is 5.57. The Bertz CT molecular complexity index is 1460. The van der Waals surface area contributed by atoms with Gasteiger partial charge >= 0.3 is 0 Å². The second-order valence-corrected chi connectivity index (χ2v) is 13.0. The summed E-state index contributed by atoms with van der Waals surface area (Å²) >= 11 is 14.0. The highest BCUT2D eigenvalue weighted by Gasteiger charge is 2.43. The molecule has 43 heavy (non-hydrogen) atoms. The van der Waals surface area contributed by atoms with E-state index in [4.69, 9.17) is 27.9 Å². The molecular formula is C32H36Cl2N4O4S. The molecule has 2 saturated heterocycles. The summed E-state index contributed by atoms with van der Waals surface area (Å²) in [6.07, 6.45) is 0.788. The van der Waals surface area contributed by atoms with Crippen LogP contribution in [0.4, 0.5) is 0 Å². The monoisotopic (exact) mass is 642 g/mol. The number of nitrogens with one attached hydrogen (secondary N) is 2. The number of carbonyl (C=O) groups is 3. The van der Waals surface area contributed by atoms with Crippen LogP contribution in [-0.2, 0) is 19.1 Å². The molecule has 2 aliphatic rings. The third-order valence-corrected chi connectivity index (χ3v) is 9.82. The quantitative estimate of drug-likeness (QED) is 0.280. The van der Waals surface area contributed by atoms with Crippen molar-refractivity contribution in [1.29, 1.82) is 0 Å². The molecule has 0 radical (unpaired) electrons. The van der Waals surface area contributed by atoms with Crippen LogP contribution in [0.25, 0.3) is 10.8 Å². The van der Waals surface area contributed by atoms with Crippen molar-refractivity contribution in [3.05, 3.63) is 81.8 Å². The molecule has 228 valence electrons. The lowest BCUT2D eigenvalue weighted by atomic mass is 9.99. The van der Waals surface area contributed by atoms with Crippen LogP contribution in [0.5, 0.6) is 0 Å². The molecule has 8 nitrogen and oxygen atoms in total. The Morgan fingerprint density at radius 3 is 2.60 bits per heavy atom. The second-order valence-electron chi connectivity index (χ2n) is 10.8. The van der Waals surface area contributed by atoms with Crippen molar-refractivity contribution in [2.24, 2.45) is 0 Å². The minimum atomic E-state index is -0.661. The molecule has 2 fully saturated rings. The van der Waals surface area contributed by atoms with Gasteiger partial charge in [-0.15, -0.1) is 11.8 Å². The highest BCUT2D eigenvalue weighted by atomic mass is 35.5. The second kappa shape index (κ2) is 14.8. The first kappa shape index (κ1) is 31.6. The van der Waals surface area contributed by atoms with Gasteiger partial charge in [-0.2, -0.15) is 0 Å². The number of carbonyl (C=O) groups excluding carboxylic acids is 3. The van der Waals surface area contributed by atoms with Crippen molar-refractivity contribution in [1.82, 2.24) is 20.4 Å².